The molecule has 6 heteroatoms. The van der Waals surface area contributed by atoms with Crippen LogP contribution in [0.1, 0.15) is 5.69 Å². The van der Waals surface area contributed by atoms with Crippen molar-refractivity contribution < 1.29 is 19.4 Å². The Morgan fingerprint density at radius 1 is 1.44 bits per heavy atom. The highest BCUT2D eigenvalue weighted by molar-refractivity contribution is 5.82. The summed E-state index contributed by atoms with van der Waals surface area (Å²) in [5, 5.41) is 20.3. The first-order valence-electron chi connectivity index (χ1n) is 4.53. The Labute approximate surface area is 89.5 Å². The first kappa shape index (κ1) is 10.3. The normalized spacial score (nSPS) is 10.6. The molecule has 2 rings (SSSR count). The molecule has 1 amide bonds. The average molecular weight is 224 g/mol. The number of H-pyrrole nitrogens is 1. The Hall–Kier alpha value is -2.24. The molecule has 0 atom stereocenters. The summed E-state index contributed by atoms with van der Waals surface area (Å²) in [4.78, 5) is 13.1. The van der Waals surface area contributed by atoms with Gasteiger partial charge in [0.2, 0.25) is 0 Å². The topological polar surface area (TPSA) is 85.3 Å². The van der Waals surface area contributed by atoms with E-state index >= 15 is 0 Å². The molecule has 1 aromatic heterocycles. The van der Waals surface area contributed by atoms with E-state index in [4.69, 9.17) is 10.2 Å². The molecular weight excluding hydrogens is 215 g/mol. The molecule has 0 saturated carbocycles. The lowest BCUT2D eigenvalue weighted by Crippen LogP contribution is -2.19. The van der Waals surface area contributed by atoms with E-state index in [9.17, 15) is 9.18 Å². The minimum absolute atomic E-state index is 0.104. The number of fused-ring (bicyclic) bond motifs is 1. The van der Waals surface area contributed by atoms with Crippen molar-refractivity contribution in [3.63, 3.8) is 0 Å². The van der Waals surface area contributed by atoms with Crippen molar-refractivity contribution in [1.29, 1.82) is 0 Å². The number of rotatable bonds is 2. The molecule has 2 aromatic rings. The monoisotopic (exact) mass is 224 g/mol. The van der Waals surface area contributed by atoms with E-state index in [2.05, 4.69) is 10.3 Å². The third-order valence-corrected chi connectivity index (χ3v) is 2.17. The van der Waals surface area contributed by atoms with Crippen LogP contribution in [0.4, 0.5) is 9.18 Å². The number of carboxylic acid groups (broad SMARTS) is 1. The second kappa shape index (κ2) is 3.73. The smallest absolute Gasteiger partial charge is 0.404 e. The third kappa shape index (κ3) is 1.90. The van der Waals surface area contributed by atoms with E-state index in [0.717, 1.165) is 0 Å². The minimum atomic E-state index is -1.13. The standard InChI is InChI=1S/C10H9FN2O3/c11-7-2-5-1-6(4-12-10(15)16)13-8(5)3-9(7)14/h1-3,12-14H,4H2,(H,15,16). The van der Waals surface area contributed by atoms with Crippen molar-refractivity contribution in [2.75, 3.05) is 0 Å². The molecule has 1 heterocycles. The zero-order chi connectivity index (χ0) is 11.7. The van der Waals surface area contributed by atoms with E-state index in [1.165, 1.54) is 12.1 Å². The van der Waals surface area contributed by atoms with Crippen LogP contribution in [0.2, 0.25) is 0 Å². The van der Waals surface area contributed by atoms with Gasteiger partial charge in [-0.3, -0.25) is 0 Å². The van der Waals surface area contributed by atoms with Gasteiger partial charge in [0.05, 0.1) is 6.54 Å². The lowest BCUT2D eigenvalue weighted by molar-refractivity contribution is 0.194. The van der Waals surface area contributed by atoms with Crippen molar-refractivity contribution >= 4 is 17.0 Å². The molecule has 0 spiro atoms. The molecule has 4 N–H and O–H groups in total. The number of phenols is 1. The van der Waals surface area contributed by atoms with Gasteiger partial charge in [-0.1, -0.05) is 0 Å². The number of aromatic amines is 1. The SMILES string of the molecule is O=C(O)NCc1cc2cc(F)c(O)cc2[nH]1. The number of aromatic hydroxyl groups is 1. The Morgan fingerprint density at radius 3 is 2.88 bits per heavy atom. The number of hydrogen-bond donors (Lipinski definition) is 4. The fraction of sp³-hybridized carbons (Fsp3) is 0.100. The van der Waals surface area contributed by atoms with Crippen molar-refractivity contribution in [3.05, 3.63) is 29.7 Å². The molecule has 0 aliphatic rings. The number of hydrogen-bond acceptors (Lipinski definition) is 2. The number of nitrogens with one attached hydrogen (secondary N) is 2. The number of phenolic OH excluding ortho intramolecular Hbond substituents is 1. The number of amides is 1. The van der Waals surface area contributed by atoms with Crippen LogP contribution >= 0.6 is 0 Å². The fourth-order valence-corrected chi connectivity index (χ4v) is 1.47. The third-order valence-electron chi connectivity index (χ3n) is 2.17. The molecule has 84 valence electrons. The van der Waals surface area contributed by atoms with Gasteiger partial charge < -0.3 is 20.5 Å². The van der Waals surface area contributed by atoms with Gasteiger partial charge in [-0.25, -0.2) is 9.18 Å². The van der Waals surface area contributed by atoms with Gasteiger partial charge in [0, 0.05) is 22.7 Å². The number of benzene rings is 1. The van der Waals surface area contributed by atoms with Crippen molar-refractivity contribution in [3.8, 4) is 5.75 Å². The molecule has 0 aliphatic heterocycles. The molecule has 0 radical (unpaired) electrons. The van der Waals surface area contributed by atoms with Gasteiger partial charge >= 0.3 is 6.09 Å². The fourth-order valence-electron chi connectivity index (χ4n) is 1.47. The van der Waals surface area contributed by atoms with Crippen molar-refractivity contribution in [1.82, 2.24) is 10.3 Å². The minimum Gasteiger partial charge on any atom is -0.505 e. The Balaban J connectivity index is 2.33. The largest absolute Gasteiger partial charge is 0.505 e. The van der Waals surface area contributed by atoms with Gasteiger partial charge in [-0.2, -0.15) is 0 Å². The van der Waals surface area contributed by atoms with Gasteiger partial charge in [-0.05, 0) is 12.1 Å². The summed E-state index contributed by atoms with van der Waals surface area (Å²) in [5.41, 5.74) is 1.16. The Kier molecular flexibility index (Phi) is 2.40. The summed E-state index contributed by atoms with van der Waals surface area (Å²) < 4.78 is 13.0. The van der Waals surface area contributed by atoms with Crippen LogP contribution in [0.3, 0.4) is 0 Å². The molecule has 0 fully saturated rings. The number of halogens is 1. The van der Waals surface area contributed by atoms with Crippen molar-refractivity contribution in [2.45, 2.75) is 6.54 Å². The van der Waals surface area contributed by atoms with Crippen LogP contribution in [0.15, 0.2) is 18.2 Å². The Bertz CT molecular complexity index is 511. The predicted octanol–water partition coefficient (Wildman–Crippen LogP) is 1.78. The van der Waals surface area contributed by atoms with E-state index in [0.29, 0.717) is 16.6 Å². The summed E-state index contributed by atoms with van der Waals surface area (Å²) in [5.74, 6) is -1.14. The molecule has 0 bridgehead atoms. The lowest BCUT2D eigenvalue weighted by atomic mass is 10.2. The van der Waals surface area contributed by atoms with Crippen LogP contribution in [0, 0.1) is 5.82 Å². The van der Waals surface area contributed by atoms with Crippen LogP contribution < -0.4 is 5.32 Å². The first-order chi connectivity index (χ1) is 7.56. The summed E-state index contributed by atoms with van der Waals surface area (Å²) in [6.07, 6.45) is -1.13. The summed E-state index contributed by atoms with van der Waals surface area (Å²) in [6.45, 7) is 0.104. The molecule has 0 aliphatic carbocycles. The number of carbonyl (C=O) groups is 1. The quantitative estimate of drug-likeness (QED) is 0.627. The highest BCUT2D eigenvalue weighted by Crippen LogP contribution is 2.23. The van der Waals surface area contributed by atoms with Gasteiger partial charge in [0.25, 0.3) is 0 Å². The van der Waals surface area contributed by atoms with Gasteiger partial charge in [-0.15, -0.1) is 0 Å². The van der Waals surface area contributed by atoms with Crippen LogP contribution in [0.25, 0.3) is 10.9 Å². The van der Waals surface area contributed by atoms with Crippen LogP contribution in [-0.2, 0) is 6.54 Å². The van der Waals surface area contributed by atoms with Crippen molar-refractivity contribution in [2.24, 2.45) is 0 Å². The van der Waals surface area contributed by atoms with E-state index in [1.807, 2.05) is 0 Å². The van der Waals surface area contributed by atoms with Gasteiger partial charge in [0.1, 0.15) is 0 Å². The highest BCUT2D eigenvalue weighted by atomic mass is 19.1. The second-order valence-electron chi connectivity index (χ2n) is 3.34. The second-order valence-corrected chi connectivity index (χ2v) is 3.34. The molecule has 1 aromatic carbocycles. The molecule has 0 saturated heterocycles. The summed E-state index contributed by atoms with van der Waals surface area (Å²) >= 11 is 0. The first-order valence-corrected chi connectivity index (χ1v) is 4.53. The van der Waals surface area contributed by atoms with Crippen LogP contribution in [-0.4, -0.2) is 21.3 Å². The molecule has 16 heavy (non-hydrogen) atoms. The molecular formula is C10H9FN2O3. The summed E-state index contributed by atoms with van der Waals surface area (Å²) in [7, 11) is 0. The summed E-state index contributed by atoms with van der Waals surface area (Å²) in [6, 6.07) is 4.06. The maximum absolute atomic E-state index is 13.0. The maximum atomic E-state index is 13.0. The van der Waals surface area contributed by atoms with E-state index in [1.54, 1.807) is 6.07 Å². The number of aromatic nitrogens is 1. The molecule has 0 unspecified atom stereocenters. The molecule has 5 nitrogen and oxygen atoms in total. The predicted molar refractivity (Wildman–Crippen MR) is 54.8 cm³/mol. The maximum Gasteiger partial charge on any atom is 0.404 e. The average Bonchev–Trinajstić information content (AvgIpc) is 2.58. The highest BCUT2D eigenvalue weighted by Gasteiger charge is 2.06. The van der Waals surface area contributed by atoms with Crippen LogP contribution in [0.5, 0.6) is 5.75 Å². The zero-order valence-electron chi connectivity index (χ0n) is 8.12. The van der Waals surface area contributed by atoms with Gasteiger partial charge in [0.15, 0.2) is 11.6 Å². The Morgan fingerprint density at radius 2 is 2.19 bits per heavy atom. The zero-order valence-corrected chi connectivity index (χ0v) is 8.12. The van der Waals surface area contributed by atoms with E-state index in [-0.39, 0.29) is 6.54 Å². The lowest BCUT2D eigenvalue weighted by Gasteiger charge is -1.96. The van der Waals surface area contributed by atoms with E-state index < -0.39 is 17.7 Å².